The van der Waals surface area contributed by atoms with Crippen LogP contribution in [0.3, 0.4) is 0 Å². The van der Waals surface area contributed by atoms with Gasteiger partial charge in [-0.15, -0.1) is 0 Å². The van der Waals surface area contributed by atoms with Gasteiger partial charge in [0, 0.05) is 31.4 Å². The fourth-order valence-corrected chi connectivity index (χ4v) is 3.68. The third-order valence-corrected chi connectivity index (χ3v) is 4.95. The lowest BCUT2D eigenvalue weighted by molar-refractivity contribution is -0.134. The Kier molecular flexibility index (Phi) is 5.45. The van der Waals surface area contributed by atoms with Crippen LogP contribution in [0.5, 0.6) is 0 Å². The first-order valence-electron chi connectivity index (χ1n) is 8.69. The van der Waals surface area contributed by atoms with E-state index in [9.17, 15) is 9.18 Å². The van der Waals surface area contributed by atoms with Gasteiger partial charge in [-0.2, -0.15) is 4.39 Å². The molecule has 2 heterocycles. The Balaban J connectivity index is 1.53. The molecule has 1 aliphatic heterocycles. The monoisotopic (exact) mass is 333 g/mol. The number of aromatic nitrogens is 1. The van der Waals surface area contributed by atoms with Gasteiger partial charge in [0.25, 0.3) is 0 Å². The predicted octanol–water partition coefficient (Wildman–Crippen LogP) is 3.30. The van der Waals surface area contributed by atoms with Crippen molar-refractivity contribution >= 4 is 17.9 Å². The number of hydrogen-bond acceptors (Lipinski definition) is 4. The lowest BCUT2D eigenvalue weighted by Crippen LogP contribution is -2.36. The van der Waals surface area contributed by atoms with Gasteiger partial charge in [-0.3, -0.25) is 4.90 Å². The first-order valence-corrected chi connectivity index (χ1v) is 8.69. The highest BCUT2D eigenvalue weighted by Crippen LogP contribution is 2.26. The number of hydrogen-bond donors (Lipinski definition) is 2. The smallest absolute Gasteiger partial charge is 0.364 e. The average molecular weight is 333 g/mol. The molecule has 6 heteroatoms. The summed E-state index contributed by atoms with van der Waals surface area (Å²) >= 11 is 0. The number of aliphatic carboxylic acids is 1. The van der Waals surface area contributed by atoms with Crippen LogP contribution in [0.2, 0.25) is 0 Å². The normalized spacial score (nSPS) is 23.4. The Hall–Kier alpha value is -1.95. The van der Waals surface area contributed by atoms with Crippen LogP contribution in [0, 0.1) is 0 Å². The van der Waals surface area contributed by atoms with E-state index in [-0.39, 0.29) is 0 Å². The number of anilines is 1. The molecule has 1 aliphatic carbocycles. The fourth-order valence-electron chi connectivity index (χ4n) is 3.68. The number of carboxylic acid groups (broad SMARTS) is 1. The van der Waals surface area contributed by atoms with Gasteiger partial charge in [0.1, 0.15) is 5.82 Å². The minimum absolute atomic E-state index is 0.386. The lowest BCUT2D eigenvalue weighted by atomic mass is 9.94. The second-order valence-electron chi connectivity index (χ2n) is 6.69. The third-order valence-electron chi connectivity index (χ3n) is 4.95. The standard InChI is InChI=1S/C18H24FN3O2/c19-16(18(23)24)10-13-6-7-17(20-11-13)21-14-8-9-22(12-14)15-4-2-1-3-5-15/h6-7,10-11,14-15H,1-5,8-9,12H2,(H,20,21)(H,23,24)/b16-10-/t14-/m1/s1. The fraction of sp³-hybridized carbons (Fsp3) is 0.556. The van der Waals surface area contributed by atoms with Gasteiger partial charge in [0.05, 0.1) is 0 Å². The van der Waals surface area contributed by atoms with Crippen molar-refractivity contribution in [2.24, 2.45) is 0 Å². The molecule has 0 amide bonds. The van der Waals surface area contributed by atoms with Crippen molar-refractivity contribution in [1.82, 2.24) is 9.88 Å². The molecule has 2 fully saturated rings. The molecule has 0 bridgehead atoms. The van der Waals surface area contributed by atoms with Crippen LogP contribution in [0.25, 0.3) is 6.08 Å². The SMILES string of the molecule is O=C(O)/C(F)=C/c1ccc(N[C@@H]2CCN(C3CCCCC3)C2)nc1. The van der Waals surface area contributed by atoms with E-state index in [1.165, 1.54) is 38.3 Å². The van der Waals surface area contributed by atoms with Gasteiger partial charge < -0.3 is 10.4 Å². The first kappa shape index (κ1) is 16.9. The van der Waals surface area contributed by atoms with Gasteiger partial charge in [-0.05, 0) is 43.0 Å². The molecular weight excluding hydrogens is 309 g/mol. The summed E-state index contributed by atoms with van der Waals surface area (Å²) in [5.41, 5.74) is 0.440. The zero-order valence-corrected chi connectivity index (χ0v) is 13.7. The van der Waals surface area contributed by atoms with E-state index in [2.05, 4.69) is 15.2 Å². The molecule has 1 atom stereocenters. The van der Waals surface area contributed by atoms with Crippen molar-refractivity contribution in [1.29, 1.82) is 0 Å². The summed E-state index contributed by atoms with van der Waals surface area (Å²) in [6.07, 6.45) is 10.3. The van der Waals surface area contributed by atoms with Crippen molar-refractivity contribution in [3.05, 3.63) is 29.7 Å². The zero-order valence-electron chi connectivity index (χ0n) is 13.7. The Morgan fingerprint density at radius 3 is 2.75 bits per heavy atom. The minimum Gasteiger partial charge on any atom is -0.476 e. The number of carbonyl (C=O) groups is 1. The number of rotatable bonds is 5. The lowest BCUT2D eigenvalue weighted by Gasteiger charge is -2.31. The molecular formula is C18H24FN3O2. The Morgan fingerprint density at radius 2 is 2.08 bits per heavy atom. The molecule has 0 unspecified atom stereocenters. The number of carboxylic acids is 1. The van der Waals surface area contributed by atoms with E-state index in [0.717, 1.165) is 37.4 Å². The summed E-state index contributed by atoms with van der Waals surface area (Å²) in [7, 11) is 0. The Labute approximate surface area is 141 Å². The van der Waals surface area contributed by atoms with Gasteiger partial charge in [-0.25, -0.2) is 9.78 Å². The van der Waals surface area contributed by atoms with Crippen LogP contribution >= 0.6 is 0 Å². The molecule has 1 aromatic heterocycles. The van der Waals surface area contributed by atoms with Crippen LogP contribution in [0.4, 0.5) is 10.2 Å². The zero-order chi connectivity index (χ0) is 16.9. The molecule has 1 saturated heterocycles. The summed E-state index contributed by atoms with van der Waals surface area (Å²) in [5.74, 6) is -2.00. The molecule has 0 radical (unpaired) electrons. The molecule has 2 aliphatic rings. The van der Waals surface area contributed by atoms with Gasteiger partial charge in [0.15, 0.2) is 0 Å². The molecule has 0 aromatic carbocycles. The second kappa shape index (κ2) is 7.75. The maximum Gasteiger partial charge on any atom is 0.364 e. The number of pyridine rings is 1. The largest absolute Gasteiger partial charge is 0.476 e. The van der Waals surface area contributed by atoms with Crippen LogP contribution in [0.1, 0.15) is 44.1 Å². The highest BCUT2D eigenvalue weighted by molar-refractivity contribution is 5.89. The minimum atomic E-state index is -1.56. The molecule has 130 valence electrons. The van der Waals surface area contributed by atoms with Crippen molar-refractivity contribution in [2.45, 2.75) is 50.6 Å². The van der Waals surface area contributed by atoms with Gasteiger partial charge in [-0.1, -0.05) is 19.3 Å². The Bertz CT molecular complexity index is 597. The quantitative estimate of drug-likeness (QED) is 0.810. The molecule has 0 spiro atoms. The summed E-state index contributed by atoms with van der Waals surface area (Å²) in [4.78, 5) is 17.3. The average Bonchev–Trinajstić information content (AvgIpc) is 3.06. The molecule has 2 N–H and O–H groups in total. The van der Waals surface area contributed by atoms with E-state index in [0.29, 0.717) is 11.6 Å². The van der Waals surface area contributed by atoms with E-state index >= 15 is 0 Å². The third kappa shape index (κ3) is 4.32. The summed E-state index contributed by atoms with van der Waals surface area (Å²) in [5, 5.41) is 12.0. The van der Waals surface area contributed by atoms with E-state index in [4.69, 9.17) is 5.11 Å². The van der Waals surface area contributed by atoms with Crippen LogP contribution in [0.15, 0.2) is 24.2 Å². The van der Waals surface area contributed by atoms with E-state index in [1.54, 1.807) is 12.1 Å². The maximum atomic E-state index is 13.1. The maximum absolute atomic E-state index is 13.1. The van der Waals surface area contributed by atoms with Crippen molar-refractivity contribution in [3.8, 4) is 0 Å². The van der Waals surface area contributed by atoms with Gasteiger partial charge >= 0.3 is 5.97 Å². The summed E-state index contributed by atoms with van der Waals surface area (Å²) in [6.45, 7) is 2.18. The van der Waals surface area contributed by atoms with E-state index in [1.807, 2.05) is 0 Å². The second-order valence-corrected chi connectivity index (χ2v) is 6.69. The van der Waals surface area contributed by atoms with Crippen molar-refractivity contribution in [3.63, 3.8) is 0 Å². The molecule has 1 saturated carbocycles. The number of nitrogens with zero attached hydrogens (tertiary/aromatic N) is 2. The number of halogens is 1. The molecule has 5 nitrogen and oxygen atoms in total. The van der Waals surface area contributed by atoms with Crippen LogP contribution < -0.4 is 5.32 Å². The van der Waals surface area contributed by atoms with Gasteiger partial charge in [0.2, 0.25) is 5.83 Å². The topological polar surface area (TPSA) is 65.5 Å². The number of likely N-dealkylation sites (tertiary alicyclic amines) is 1. The van der Waals surface area contributed by atoms with Crippen molar-refractivity contribution in [2.75, 3.05) is 18.4 Å². The molecule has 3 rings (SSSR count). The van der Waals surface area contributed by atoms with Crippen LogP contribution in [-0.4, -0.2) is 46.1 Å². The van der Waals surface area contributed by atoms with E-state index < -0.39 is 11.8 Å². The molecule has 1 aromatic rings. The first-order chi connectivity index (χ1) is 11.6. The molecule has 24 heavy (non-hydrogen) atoms. The highest BCUT2D eigenvalue weighted by atomic mass is 19.1. The number of nitrogens with one attached hydrogen (secondary N) is 1. The van der Waals surface area contributed by atoms with Crippen LogP contribution in [-0.2, 0) is 4.79 Å². The van der Waals surface area contributed by atoms with Crippen molar-refractivity contribution < 1.29 is 14.3 Å². The Morgan fingerprint density at radius 1 is 1.29 bits per heavy atom. The summed E-state index contributed by atoms with van der Waals surface area (Å²) < 4.78 is 13.1. The predicted molar refractivity (Wildman–Crippen MR) is 91.4 cm³/mol. The summed E-state index contributed by atoms with van der Waals surface area (Å²) in [6, 6.07) is 4.57. The highest BCUT2D eigenvalue weighted by Gasteiger charge is 2.29.